The third kappa shape index (κ3) is 26.8. The van der Waals surface area contributed by atoms with Gasteiger partial charge in [0.1, 0.15) is 54.4 Å². The van der Waals surface area contributed by atoms with Crippen LogP contribution in [0.4, 0.5) is 0 Å². The van der Waals surface area contributed by atoms with Crippen LogP contribution >= 0.6 is 0 Å². The second-order valence-corrected chi connectivity index (χ2v) is 21.5. The molecule has 0 saturated carbocycles. The number of carbonyl (C=O) groups is 12. The van der Waals surface area contributed by atoms with Gasteiger partial charge in [0, 0.05) is 13.0 Å². The van der Waals surface area contributed by atoms with Crippen LogP contribution in [0.25, 0.3) is 0 Å². The predicted molar refractivity (Wildman–Crippen MR) is 300 cm³/mol. The molecule has 81 heavy (non-hydrogen) atoms. The summed E-state index contributed by atoms with van der Waals surface area (Å²) in [5.74, 6) is -10.7. The number of amides is 11. The molecule has 29 heteroatoms. The van der Waals surface area contributed by atoms with Gasteiger partial charge in [0.05, 0.1) is 6.10 Å². The summed E-state index contributed by atoms with van der Waals surface area (Å²) in [6, 6.07) is -14.8. The molecule has 0 radical (unpaired) electrons. The highest BCUT2D eigenvalue weighted by Gasteiger charge is 2.37. The van der Waals surface area contributed by atoms with Crippen molar-refractivity contribution in [2.24, 2.45) is 46.4 Å². The van der Waals surface area contributed by atoms with Gasteiger partial charge in [0.15, 0.2) is 11.8 Å². The van der Waals surface area contributed by atoms with Crippen molar-refractivity contribution in [3.8, 4) is 0 Å². The van der Waals surface area contributed by atoms with Gasteiger partial charge in [-0.3, -0.25) is 57.5 Å². The van der Waals surface area contributed by atoms with Gasteiger partial charge in [-0.2, -0.15) is 0 Å². The predicted octanol–water partition coefficient (Wildman–Crippen LogP) is -5.62. The first-order chi connectivity index (χ1) is 38.2. The molecule has 29 nitrogen and oxygen atoms in total. The molecule has 1 fully saturated rings. The van der Waals surface area contributed by atoms with Crippen LogP contribution in [-0.4, -0.2) is 182 Å². The van der Waals surface area contributed by atoms with Crippen molar-refractivity contribution >= 4 is 70.8 Å². The maximum Gasteiger partial charge on any atom is 0.250 e. The molecule has 0 aromatic rings. The van der Waals surface area contributed by atoms with Crippen molar-refractivity contribution in [1.82, 2.24) is 58.5 Å². The molecule has 0 spiro atoms. The van der Waals surface area contributed by atoms with Gasteiger partial charge in [-0.15, -0.1) is 0 Å². The number of nitrogens with two attached hydrogens (primary N) is 5. The third-order valence-corrected chi connectivity index (χ3v) is 13.3. The number of hydrogen-bond donors (Lipinski definition) is 17. The number of ketones is 1. The highest BCUT2D eigenvalue weighted by Crippen LogP contribution is 2.13. The largest absolute Gasteiger partial charge is 0.391 e. The van der Waals surface area contributed by atoms with Crippen LogP contribution in [0.2, 0.25) is 0 Å². The molecule has 1 unspecified atom stereocenters. The monoisotopic (exact) mass is 1150 g/mol. The van der Waals surface area contributed by atoms with E-state index >= 15 is 0 Å². The van der Waals surface area contributed by atoms with Crippen molar-refractivity contribution in [2.75, 3.05) is 39.3 Å². The van der Waals surface area contributed by atoms with E-state index in [2.05, 4.69) is 65.4 Å². The number of Topliss-reactive ketones (excluding diaryl/α,β-unsaturated/α-hetero) is 1. The average Bonchev–Trinajstić information content (AvgIpc) is 3.41. The Kier molecular flexibility index (Phi) is 34.4. The summed E-state index contributed by atoms with van der Waals surface area (Å²) in [6.07, 6.45) is -0.360. The lowest BCUT2D eigenvalue weighted by Gasteiger charge is -2.29. The molecule has 0 aliphatic carbocycles. The minimum atomic E-state index is -1.87. The summed E-state index contributed by atoms with van der Waals surface area (Å²) in [4.78, 5) is 165. The number of aliphatic hydroxyl groups is 1. The highest BCUT2D eigenvalue weighted by atomic mass is 16.3. The van der Waals surface area contributed by atoms with E-state index in [1.165, 1.54) is 6.92 Å². The molecule has 11 amide bonds. The Morgan fingerprint density at radius 3 is 1.40 bits per heavy atom. The van der Waals surface area contributed by atoms with E-state index in [-0.39, 0.29) is 95.9 Å². The maximum atomic E-state index is 14.4. The second-order valence-electron chi connectivity index (χ2n) is 21.5. The van der Waals surface area contributed by atoms with Crippen molar-refractivity contribution in [3.05, 3.63) is 0 Å². The van der Waals surface area contributed by atoms with Crippen LogP contribution in [0.3, 0.4) is 0 Å². The summed E-state index contributed by atoms with van der Waals surface area (Å²) in [5, 5.41) is 38.4. The van der Waals surface area contributed by atoms with Crippen LogP contribution < -0.4 is 87.2 Å². The Morgan fingerprint density at radius 2 is 0.975 bits per heavy atom. The van der Waals surface area contributed by atoms with Crippen molar-refractivity contribution in [2.45, 2.75) is 199 Å². The Balaban J connectivity index is 3.84. The fourth-order valence-electron chi connectivity index (χ4n) is 8.52. The molecule has 0 aromatic heterocycles. The van der Waals surface area contributed by atoms with Gasteiger partial charge in [0.2, 0.25) is 65.0 Å². The quantitative estimate of drug-likeness (QED) is 0.0325. The highest BCUT2D eigenvalue weighted by molar-refractivity contribution is 6.08. The van der Waals surface area contributed by atoms with Gasteiger partial charge in [-0.25, -0.2) is 0 Å². The molecular weight excluding hydrogens is 1060 g/mol. The number of nitrogens with one attached hydrogen (secondary N) is 11. The molecular formula is C52H96N16O13. The van der Waals surface area contributed by atoms with Crippen LogP contribution in [0.1, 0.15) is 132 Å². The molecule has 1 heterocycles. The normalized spacial score (nSPS) is 23.1. The first-order valence-corrected chi connectivity index (χ1v) is 28.2. The smallest absolute Gasteiger partial charge is 0.250 e. The van der Waals surface area contributed by atoms with Crippen molar-refractivity contribution in [1.29, 1.82) is 0 Å². The van der Waals surface area contributed by atoms with E-state index in [9.17, 15) is 62.6 Å². The summed E-state index contributed by atoms with van der Waals surface area (Å²) in [6.45, 7) is 12.2. The topological polar surface area (TPSA) is 487 Å². The molecule has 12 atom stereocenters. The SMILES string of the molecule is CCC(C)CCCC(=O)N[C@@H](CCN)C(=O)N[C@H](C(=O)N[C@@H](CCN)C(=O)N[C@H]1CCNC(=O)[C@H](C(C)=O)NC(=O)[C@H](CCN)NC(=O)[C@H](CCN)NC(=O)[C@H](CC(C)C)NC(=O)[C@@H](CC(C)C)NC(=O)[C@H](CCN)NC1=O)[C@@H](C)O. The molecule has 462 valence electrons. The maximum absolute atomic E-state index is 14.4. The lowest BCUT2D eigenvalue weighted by molar-refractivity contribution is -0.137. The van der Waals surface area contributed by atoms with Crippen molar-refractivity contribution < 1.29 is 62.6 Å². The molecule has 1 saturated heterocycles. The molecule has 0 bridgehead atoms. The van der Waals surface area contributed by atoms with E-state index < -0.39 is 150 Å². The molecule has 22 N–H and O–H groups in total. The molecule has 1 rings (SSSR count). The summed E-state index contributed by atoms with van der Waals surface area (Å²) in [7, 11) is 0. The fraction of sp³-hybridized carbons (Fsp3) is 0.769. The van der Waals surface area contributed by atoms with Crippen LogP contribution in [0.15, 0.2) is 0 Å². The zero-order chi connectivity index (χ0) is 61.5. The lowest BCUT2D eigenvalue weighted by atomic mass is 9.99. The summed E-state index contributed by atoms with van der Waals surface area (Å²) >= 11 is 0. The zero-order valence-corrected chi connectivity index (χ0v) is 48.5. The first-order valence-electron chi connectivity index (χ1n) is 28.2. The molecule has 0 aromatic carbocycles. The van der Waals surface area contributed by atoms with E-state index in [1.807, 2.05) is 6.92 Å². The minimum absolute atomic E-state index is 0.0188. The second kappa shape index (κ2) is 38.3. The first kappa shape index (κ1) is 72.6. The number of rotatable bonds is 28. The number of carbonyl (C=O) groups excluding carboxylic acids is 12. The average molecular weight is 1150 g/mol. The Labute approximate surface area is 475 Å². The summed E-state index contributed by atoms with van der Waals surface area (Å²) in [5.41, 5.74) is 29.2. The van der Waals surface area contributed by atoms with Gasteiger partial charge in [-0.1, -0.05) is 54.4 Å². The van der Waals surface area contributed by atoms with Crippen molar-refractivity contribution in [3.63, 3.8) is 0 Å². The lowest BCUT2D eigenvalue weighted by Crippen LogP contribution is -2.62. The third-order valence-electron chi connectivity index (χ3n) is 13.3. The minimum Gasteiger partial charge on any atom is -0.391 e. The van der Waals surface area contributed by atoms with Gasteiger partial charge in [-0.05, 0) is 122 Å². The van der Waals surface area contributed by atoms with E-state index in [4.69, 9.17) is 28.7 Å². The van der Waals surface area contributed by atoms with Crippen LogP contribution in [0, 0.1) is 17.8 Å². The van der Waals surface area contributed by atoms with Crippen LogP contribution in [-0.2, 0) is 57.5 Å². The number of aliphatic hydroxyl groups excluding tert-OH is 1. The van der Waals surface area contributed by atoms with Gasteiger partial charge in [0.25, 0.3) is 0 Å². The van der Waals surface area contributed by atoms with Gasteiger partial charge >= 0.3 is 0 Å². The number of hydrogen-bond acceptors (Lipinski definition) is 18. The van der Waals surface area contributed by atoms with E-state index in [1.54, 1.807) is 27.7 Å². The Bertz CT molecular complexity index is 2100. The fourth-order valence-corrected chi connectivity index (χ4v) is 8.52. The zero-order valence-electron chi connectivity index (χ0n) is 48.5. The Morgan fingerprint density at radius 1 is 0.543 bits per heavy atom. The standard InChI is InChI=1S/C52H96N16O13/c1-9-29(6)11-10-12-40(71)59-32(13-19-53)47(76)68-42(31(8)70)52(81)64-35(16-22-56)44(73)63-37-18-24-58-51(80)41(30(7)69)67-48(77)36(17-23-57)61-43(72)33(14-20-54)62-49(78)38(25-27(2)3)66-50(79)39(26-28(4)5)65-45(74)34(15-21-55)60-46(37)75/h27-29,31-39,41-42,70H,9-26,53-57H2,1-8H3,(H,58,80)(H,59,71)(H,60,75)(H,61,72)(H,62,78)(H,63,73)(H,64,81)(H,65,74)(H,66,79)(H,67,77)(H,68,76)/t29?,31-,32+,33+,34+,35+,36+,37+,38+,39-,41+,42+/m1/s1. The van der Waals surface area contributed by atoms with E-state index in [0.29, 0.717) is 12.3 Å². The summed E-state index contributed by atoms with van der Waals surface area (Å²) < 4.78 is 0. The molecule has 1 aliphatic heterocycles. The van der Waals surface area contributed by atoms with E-state index in [0.717, 1.165) is 19.8 Å². The van der Waals surface area contributed by atoms with Crippen LogP contribution in [0.5, 0.6) is 0 Å². The Hall–Kier alpha value is -6.40. The molecule has 1 aliphatic rings. The van der Waals surface area contributed by atoms with Gasteiger partial charge < -0.3 is 92.3 Å².